The zero-order valence-corrected chi connectivity index (χ0v) is 17.6. The van der Waals surface area contributed by atoms with Gasteiger partial charge in [0, 0.05) is 19.0 Å². The number of carbonyl (C=O) groups excluding carboxylic acids is 2. The van der Waals surface area contributed by atoms with Crippen molar-refractivity contribution in [2.24, 2.45) is 4.99 Å². The number of hydrogen-bond acceptors (Lipinski definition) is 6. The van der Waals surface area contributed by atoms with Crippen molar-refractivity contribution in [3.8, 4) is 11.5 Å². The Balaban J connectivity index is 1.75. The molecule has 0 unspecified atom stereocenters. The Kier molecular flexibility index (Phi) is 7.13. The minimum atomic E-state index is -0.566. The fraction of sp³-hybridized carbons (Fsp3) is 0.227. The first-order chi connectivity index (χ1) is 14.5. The summed E-state index contributed by atoms with van der Waals surface area (Å²) >= 11 is 1.28. The maximum Gasteiger partial charge on any atom is 0.242 e. The maximum absolute atomic E-state index is 12.9. The van der Waals surface area contributed by atoms with Crippen LogP contribution in [0.25, 0.3) is 0 Å². The van der Waals surface area contributed by atoms with Gasteiger partial charge in [-0.05, 0) is 24.3 Å². The molecule has 0 saturated carbocycles. The normalized spacial score (nSPS) is 17.1. The first-order valence-electron chi connectivity index (χ1n) is 9.30. The van der Waals surface area contributed by atoms with E-state index in [0.29, 0.717) is 28.9 Å². The van der Waals surface area contributed by atoms with Crippen LogP contribution in [-0.4, -0.2) is 47.9 Å². The Bertz CT molecular complexity index is 962. The molecule has 0 spiro atoms. The second-order valence-corrected chi connectivity index (χ2v) is 7.56. The topological polar surface area (TPSA) is 80.2 Å². The molecule has 8 heteroatoms. The number of ether oxygens (including phenoxy) is 2. The molecule has 1 aliphatic rings. The Hall–Kier alpha value is -3.26. The van der Waals surface area contributed by atoms with E-state index in [1.54, 1.807) is 36.3 Å². The van der Waals surface area contributed by atoms with Gasteiger partial charge in [0.2, 0.25) is 11.8 Å². The van der Waals surface area contributed by atoms with Crippen LogP contribution in [0.15, 0.2) is 66.2 Å². The average Bonchev–Trinajstić information content (AvgIpc) is 3.03. The molecule has 3 rings (SSSR count). The van der Waals surface area contributed by atoms with Gasteiger partial charge in [0.25, 0.3) is 0 Å². The Morgan fingerprint density at radius 2 is 2.00 bits per heavy atom. The van der Waals surface area contributed by atoms with Crippen molar-refractivity contribution in [3.63, 3.8) is 0 Å². The summed E-state index contributed by atoms with van der Waals surface area (Å²) in [5.74, 6) is 0.635. The maximum atomic E-state index is 12.9. The zero-order valence-electron chi connectivity index (χ0n) is 16.8. The molecule has 156 valence electrons. The lowest BCUT2D eigenvalue weighted by Crippen LogP contribution is -2.33. The number of benzene rings is 2. The summed E-state index contributed by atoms with van der Waals surface area (Å²) < 4.78 is 10.5. The van der Waals surface area contributed by atoms with E-state index in [1.165, 1.54) is 18.9 Å². The summed E-state index contributed by atoms with van der Waals surface area (Å²) in [4.78, 5) is 31.6. The molecule has 0 bridgehead atoms. The van der Waals surface area contributed by atoms with E-state index in [2.05, 4.69) is 16.9 Å². The Morgan fingerprint density at radius 3 is 2.67 bits per heavy atom. The van der Waals surface area contributed by atoms with Crippen LogP contribution < -0.4 is 14.8 Å². The van der Waals surface area contributed by atoms with Crippen molar-refractivity contribution < 1.29 is 19.1 Å². The molecule has 0 aliphatic carbocycles. The number of amidine groups is 1. The lowest BCUT2D eigenvalue weighted by molar-refractivity contribution is -0.127. The van der Waals surface area contributed by atoms with E-state index >= 15 is 0 Å². The highest BCUT2D eigenvalue weighted by Crippen LogP contribution is 2.33. The third-order valence-electron chi connectivity index (χ3n) is 4.36. The van der Waals surface area contributed by atoms with Crippen LogP contribution in [0.4, 0.5) is 11.4 Å². The van der Waals surface area contributed by atoms with Crippen molar-refractivity contribution >= 4 is 40.1 Å². The minimum absolute atomic E-state index is 0.00527. The summed E-state index contributed by atoms with van der Waals surface area (Å²) in [5.41, 5.74) is 1.23. The van der Waals surface area contributed by atoms with Gasteiger partial charge in [-0.25, -0.2) is 4.99 Å². The second-order valence-electron chi connectivity index (χ2n) is 6.39. The number of hydrogen-bond donors (Lipinski definition) is 1. The highest BCUT2D eigenvalue weighted by molar-refractivity contribution is 8.15. The first kappa shape index (κ1) is 21.4. The Morgan fingerprint density at radius 1 is 1.23 bits per heavy atom. The molecule has 0 aromatic heterocycles. The van der Waals surface area contributed by atoms with Crippen LogP contribution >= 0.6 is 11.8 Å². The number of para-hydroxylation sites is 1. The molecular weight excluding hydrogens is 402 g/mol. The molecule has 2 amide bonds. The number of rotatable bonds is 8. The fourth-order valence-electron chi connectivity index (χ4n) is 2.92. The van der Waals surface area contributed by atoms with Gasteiger partial charge in [-0.15, -0.1) is 6.58 Å². The molecule has 1 heterocycles. The lowest BCUT2D eigenvalue weighted by atomic mass is 10.2. The molecule has 2 aromatic carbocycles. The Labute approximate surface area is 179 Å². The minimum Gasteiger partial charge on any atom is -0.497 e. The monoisotopic (exact) mass is 425 g/mol. The highest BCUT2D eigenvalue weighted by atomic mass is 32.2. The number of thioether (sulfide) groups is 1. The number of nitrogens with one attached hydrogen (secondary N) is 1. The average molecular weight is 426 g/mol. The molecule has 0 radical (unpaired) electrons. The quantitative estimate of drug-likeness (QED) is 0.650. The van der Waals surface area contributed by atoms with Crippen molar-refractivity contribution in [2.45, 2.75) is 11.7 Å². The van der Waals surface area contributed by atoms with Gasteiger partial charge in [0.15, 0.2) is 5.17 Å². The van der Waals surface area contributed by atoms with Crippen LogP contribution in [0.5, 0.6) is 11.5 Å². The van der Waals surface area contributed by atoms with E-state index < -0.39 is 5.25 Å². The highest BCUT2D eigenvalue weighted by Gasteiger charge is 2.38. The van der Waals surface area contributed by atoms with E-state index in [4.69, 9.17) is 9.47 Å². The predicted octanol–water partition coefficient (Wildman–Crippen LogP) is 3.85. The molecule has 30 heavy (non-hydrogen) atoms. The summed E-state index contributed by atoms with van der Waals surface area (Å²) in [6.07, 6.45) is 1.65. The molecular formula is C22H23N3O4S. The van der Waals surface area contributed by atoms with Crippen molar-refractivity contribution in [1.29, 1.82) is 0 Å². The van der Waals surface area contributed by atoms with Crippen LogP contribution in [0.3, 0.4) is 0 Å². The summed E-state index contributed by atoms with van der Waals surface area (Å²) in [6.45, 7) is 4.05. The van der Waals surface area contributed by atoms with Crippen LogP contribution in [-0.2, 0) is 9.59 Å². The van der Waals surface area contributed by atoms with Crippen LogP contribution in [0.1, 0.15) is 6.42 Å². The van der Waals surface area contributed by atoms with Crippen molar-refractivity contribution in [1.82, 2.24) is 4.90 Å². The van der Waals surface area contributed by atoms with E-state index in [0.717, 1.165) is 5.69 Å². The van der Waals surface area contributed by atoms with Crippen LogP contribution in [0, 0.1) is 0 Å². The predicted molar refractivity (Wildman–Crippen MR) is 120 cm³/mol. The molecule has 1 N–H and O–H groups in total. The van der Waals surface area contributed by atoms with Gasteiger partial charge in [-0.3, -0.25) is 14.5 Å². The van der Waals surface area contributed by atoms with Gasteiger partial charge in [0.05, 0.1) is 25.6 Å². The zero-order chi connectivity index (χ0) is 21.5. The van der Waals surface area contributed by atoms with E-state index in [1.807, 2.05) is 30.3 Å². The SMILES string of the molecule is C=CCN1C(=O)[C@@H](CC(=O)Nc2cc(OC)ccc2OC)SC1=Nc1ccccc1. The molecule has 7 nitrogen and oxygen atoms in total. The summed E-state index contributed by atoms with van der Waals surface area (Å²) in [7, 11) is 3.07. The molecule has 1 atom stereocenters. The van der Waals surface area contributed by atoms with Gasteiger partial charge in [-0.1, -0.05) is 36.0 Å². The van der Waals surface area contributed by atoms with E-state index in [-0.39, 0.29) is 18.2 Å². The third kappa shape index (κ3) is 5.01. The van der Waals surface area contributed by atoms with E-state index in [9.17, 15) is 9.59 Å². The molecule has 1 saturated heterocycles. The molecule has 1 aliphatic heterocycles. The molecule has 2 aromatic rings. The van der Waals surface area contributed by atoms with Crippen molar-refractivity contribution in [2.75, 3.05) is 26.1 Å². The van der Waals surface area contributed by atoms with Gasteiger partial charge < -0.3 is 14.8 Å². The lowest BCUT2D eigenvalue weighted by Gasteiger charge is -2.14. The number of nitrogens with zero attached hydrogens (tertiary/aromatic N) is 2. The summed E-state index contributed by atoms with van der Waals surface area (Å²) in [5, 5.41) is 2.80. The van der Waals surface area contributed by atoms with Gasteiger partial charge >= 0.3 is 0 Å². The number of anilines is 1. The van der Waals surface area contributed by atoms with Gasteiger partial charge in [0.1, 0.15) is 16.7 Å². The van der Waals surface area contributed by atoms with Gasteiger partial charge in [-0.2, -0.15) is 0 Å². The second kappa shape index (κ2) is 9.98. The largest absolute Gasteiger partial charge is 0.497 e. The molecule has 1 fully saturated rings. The first-order valence-corrected chi connectivity index (χ1v) is 10.2. The fourth-order valence-corrected chi connectivity index (χ4v) is 4.08. The standard InChI is InChI=1S/C22H23N3O4S/c1-4-12-25-21(27)19(30-22(25)23-15-8-6-5-7-9-15)14-20(26)24-17-13-16(28-2)10-11-18(17)29-3/h4-11,13,19H,1,12,14H2,2-3H3,(H,24,26)/t19-/m1/s1. The number of carbonyl (C=O) groups is 2. The third-order valence-corrected chi connectivity index (χ3v) is 5.54. The number of amides is 2. The summed E-state index contributed by atoms with van der Waals surface area (Å²) in [6, 6.07) is 14.5. The van der Waals surface area contributed by atoms with Crippen LogP contribution in [0.2, 0.25) is 0 Å². The number of methoxy groups -OCH3 is 2. The smallest absolute Gasteiger partial charge is 0.242 e. The number of aliphatic imine (C=N–C) groups is 1. The van der Waals surface area contributed by atoms with Crippen molar-refractivity contribution in [3.05, 3.63) is 61.2 Å².